The summed E-state index contributed by atoms with van der Waals surface area (Å²) in [5.74, 6) is 0. The van der Waals surface area contributed by atoms with Crippen molar-refractivity contribution < 1.29 is 0 Å². The van der Waals surface area contributed by atoms with Gasteiger partial charge in [0, 0.05) is 7.05 Å². The molecule has 96 valence electrons. The third kappa shape index (κ3) is 2.27. The molecule has 1 aromatic rings. The lowest BCUT2D eigenvalue weighted by Gasteiger charge is -2.36. The third-order valence-electron chi connectivity index (χ3n) is 3.78. The van der Waals surface area contributed by atoms with E-state index in [1.807, 2.05) is 42.1 Å². The molecule has 0 bridgehead atoms. The van der Waals surface area contributed by atoms with Gasteiger partial charge in [-0.15, -0.1) is 0 Å². The summed E-state index contributed by atoms with van der Waals surface area (Å²) in [6.07, 6.45) is 6.56. The van der Waals surface area contributed by atoms with Gasteiger partial charge in [0.25, 0.3) is 0 Å². The first kappa shape index (κ1) is 12.1. The SMILES string of the molecule is CN1NC(=Nc2ccccc2)SC12CCCCC2. The molecule has 1 N–H and O–H groups in total. The number of nitrogens with one attached hydrogen (secondary N) is 1. The Hall–Kier alpha value is -1.00. The summed E-state index contributed by atoms with van der Waals surface area (Å²) in [5, 5.41) is 3.30. The number of nitrogens with zero attached hydrogens (tertiary/aromatic N) is 2. The molecule has 1 aliphatic heterocycles. The standard InChI is InChI=1S/C14H19N3S/c1-17-14(10-6-3-7-11-14)18-13(16-17)15-12-8-4-2-5-9-12/h2,4-5,8-9H,3,6-7,10-11H2,1H3,(H,15,16). The van der Waals surface area contributed by atoms with E-state index in [2.05, 4.69) is 22.5 Å². The molecule has 0 atom stereocenters. The third-order valence-corrected chi connectivity index (χ3v) is 5.22. The molecular weight excluding hydrogens is 242 g/mol. The van der Waals surface area contributed by atoms with Gasteiger partial charge in [-0.05, 0) is 25.0 Å². The molecule has 0 radical (unpaired) electrons. The fourth-order valence-electron chi connectivity index (χ4n) is 2.73. The number of hydrogen-bond donors (Lipinski definition) is 1. The Bertz CT molecular complexity index is 438. The van der Waals surface area contributed by atoms with Gasteiger partial charge in [-0.2, -0.15) is 0 Å². The number of hydrazine groups is 1. The molecule has 1 saturated carbocycles. The van der Waals surface area contributed by atoms with Crippen LogP contribution in [0.2, 0.25) is 0 Å². The fraction of sp³-hybridized carbons (Fsp3) is 0.500. The molecular formula is C14H19N3S. The van der Waals surface area contributed by atoms with Crippen molar-refractivity contribution >= 4 is 22.6 Å². The lowest BCUT2D eigenvalue weighted by Crippen LogP contribution is -2.45. The Balaban J connectivity index is 1.79. The second-order valence-corrected chi connectivity index (χ2v) is 6.38. The summed E-state index contributed by atoms with van der Waals surface area (Å²) in [6.45, 7) is 0. The largest absolute Gasteiger partial charge is 0.296 e. The topological polar surface area (TPSA) is 27.6 Å². The first-order chi connectivity index (χ1) is 8.78. The van der Waals surface area contributed by atoms with Crippen molar-refractivity contribution in [1.82, 2.24) is 10.4 Å². The first-order valence-corrected chi connectivity index (χ1v) is 7.43. The van der Waals surface area contributed by atoms with E-state index in [-0.39, 0.29) is 4.87 Å². The van der Waals surface area contributed by atoms with Crippen LogP contribution in [0.3, 0.4) is 0 Å². The molecule has 2 aliphatic rings. The Morgan fingerprint density at radius 2 is 1.89 bits per heavy atom. The summed E-state index contributed by atoms with van der Waals surface area (Å²) >= 11 is 1.90. The number of rotatable bonds is 1. The molecule has 1 aromatic carbocycles. The molecule has 1 saturated heterocycles. The molecule has 0 unspecified atom stereocenters. The van der Waals surface area contributed by atoms with Crippen LogP contribution in [0.5, 0.6) is 0 Å². The van der Waals surface area contributed by atoms with Crippen molar-refractivity contribution in [3.05, 3.63) is 30.3 Å². The van der Waals surface area contributed by atoms with Crippen LogP contribution in [0.4, 0.5) is 5.69 Å². The average Bonchev–Trinajstić information content (AvgIpc) is 2.68. The van der Waals surface area contributed by atoms with E-state index in [1.165, 1.54) is 32.1 Å². The number of thioether (sulfide) groups is 1. The van der Waals surface area contributed by atoms with Gasteiger partial charge < -0.3 is 0 Å². The molecule has 2 fully saturated rings. The monoisotopic (exact) mass is 261 g/mol. The maximum atomic E-state index is 4.68. The predicted molar refractivity (Wildman–Crippen MR) is 77.8 cm³/mol. The van der Waals surface area contributed by atoms with E-state index in [1.54, 1.807) is 0 Å². The van der Waals surface area contributed by atoms with E-state index in [9.17, 15) is 0 Å². The Kier molecular flexibility index (Phi) is 3.31. The Labute approximate surface area is 113 Å². The van der Waals surface area contributed by atoms with E-state index >= 15 is 0 Å². The number of aliphatic imine (C=N–C) groups is 1. The lowest BCUT2D eigenvalue weighted by molar-refractivity contribution is 0.144. The summed E-state index contributed by atoms with van der Waals surface area (Å²) in [4.78, 5) is 4.93. The minimum atomic E-state index is 0.242. The number of para-hydroxylation sites is 1. The van der Waals surface area contributed by atoms with Gasteiger partial charge in [-0.3, -0.25) is 5.43 Å². The van der Waals surface area contributed by atoms with Gasteiger partial charge in [0.2, 0.25) is 0 Å². The van der Waals surface area contributed by atoms with Crippen LogP contribution in [0.1, 0.15) is 32.1 Å². The molecule has 1 aliphatic carbocycles. The zero-order valence-corrected chi connectivity index (χ0v) is 11.5. The molecule has 4 heteroatoms. The average molecular weight is 261 g/mol. The summed E-state index contributed by atoms with van der Waals surface area (Å²) in [6, 6.07) is 10.2. The van der Waals surface area contributed by atoms with Crippen LogP contribution in [-0.4, -0.2) is 22.1 Å². The summed E-state index contributed by atoms with van der Waals surface area (Å²) < 4.78 is 0. The fourth-order valence-corrected chi connectivity index (χ4v) is 4.09. The zero-order chi connectivity index (χ0) is 12.4. The van der Waals surface area contributed by atoms with Crippen molar-refractivity contribution in [2.45, 2.75) is 37.0 Å². The molecule has 3 rings (SSSR count). The quantitative estimate of drug-likeness (QED) is 0.838. The molecule has 3 nitrogen and oxygen atoms in total. The van der Waals surface area contributed by atoms with Gasteiger partial charge in [-0.1, -0.05) is 49.2 Å². The van der Waals surface area contributed by atoms with Crippen molar-refractivity contribution in [2.75, 3.05) is 7.05 Å². The second kappa shape index (κ2) is 4.94. The number of hydrogen-bond acceptors (Lipinski definition) is 3. The van der Waals surface area contributed by atoms with Crippen molar-refractivity contribution in [3.63, 3.8) is 0 Å². The molecule has 18 heavy (non-hydrogen) atoms. The minimum Gasteiger partial charge on any atom is -0.296 e. The van der Waals surface area contributed by atoms with E-state index in [0.717, 1.165) is 10.9 Å². The highest BCUT2D eigenvalue weighted by atomic mass is 32.2. The van der Waals surface area contributed by atoms with Gasteiger partial charge in [-0.25, -0.2) is 10.0 Å². The number of amidine groups is 1. The first-order valence-electron chi connectivity index (χ1n) is 6.62. The highest BCUT2D eigenvalue weighted by molar-refractivity contribution is 8.15. The maximum Gasteiger partial charge on any atom is 0.178 e. The molecule has 1 heterocycles. The molecule has 0 aromatic heterocycles. The number of benzene rings is 1. The van der Waals surface area contributed by atoms with Crippen molar-refractivity contribution in [2.24, 2.45) is 4.99 Å². The Morgan fingerprint density at radius 3 is 2.61 bits per heavy atom. The van der Waals surface area contributed by atoms with Crippen LogP contribution in [0.25, 0.3) is 0 Å². The maximum absolute atomic E-state index is 4.68. The highest BCUT2D eigenvalue weighted by Gasteiger charge is 2.43. The van der Waals surface area contributed by atoms with Crippen LogP contribution in [0.15, 0.2) is 35.3 Å². The lowest BCUT2D eigenvalue weighted by atomic mass is 9.94. The minimum absolute atomic E-state index is 0.242. The van der Waals surface area contributed by atoms with Gasteiger partial charge in [0.15, 0.2) is 5.17 Å². The van der Waals surface area contributed by atoms with Gasteiger partial charge in [0.05, 0.1) is 10.6 Å². The normalized spacial score (nSPS) is 25.5. The summed E-state index contributed by atoms with van der Waals surface area (Å²) in [5.41, 5.74) is 4.43. The molecule has 1 spiro atoms. The Morgan fingerprint density at radius 1 is 1.17 bits per heavy atom. The molecule has 0 amide bonds. The smallest absolute Gasteiger partial charge is 0.178 e. The van der Waals surface area contributed by atoms with Crippen LogP contribution in [-0.2, 0) is 0 Å². The van der Waals surface area contributed by atoms with Gasteiger partial charge >= 0.3 is 0 Å². The highest BCUT2D eigenvalue weighted by Crippen LogP contribution is 2.45. The van der Waals surface area contributed by atoms with E-state index in [0.29, 0.717) is 0 Å². The van der Waals surface area contributed by atoms with Gasteiger partial charge in [0.1, 0.15) is 0 Å². The second-order valence-electron chi connectivity index (χ2n) is 5.03. The predicted octanol–water partition coefficient (Wildman–Crippen LogP) is 3.52. The van der Waals surface area contributed by atoms with E-state index < -0.39 is 0 Å². The van der Waals surface area contributed by atoms with E-state index in [4.69, 9.17) is 0 Å². The van der Waals surface area contributed by atoms with Crippen LogP contribution in [0, 0.1) is 0 Å². The van der Waals surface area contributed by atoms with Crippen LogP contribution < -0.4 is 5.43 Å². The van der Waals surface area contributed by atoms with Crippen molar-refractivity contribution in [3.8, 4) is 0 Å². The summed E-state index contributed by atoms with van der Waals surface area (Å²) in [7, 11) is 2.14. The zero-order valence-electron chi connectivity index (χ0n) is 10.7. The van der Waals surface area contributed by atoms with Crippen molar-refractivity contribution in [1.29, 1.82) is 0 Å². The van der Waals surface area contributed by atoms with Crippen LogP contribution >= 0.6 is 11.8 Å².